The van der Waals surface area contributed by atoms with E-state index in [1.54, 1.807) is 18.4 Å². The van der Waals surface area contributed by atoms with Crippen molar-refractivity contribution < 1.29 is 18.7 Å². The maximum absolute atomic E-state index is 12.3. The van der Waals surface area contributed by atoms with Gasteiger partial charge in [-0.3, -0.25) is 14.2 Å². The number of carbonyl (C=O) groups is 2. The Morgan fingerprint density at radius 1 is 1.21 bits per heavy atom. The lowest BCUT2D eigenvalue weighted by Gasteiger charge is -2.06. The fourth-order valence-electron chi connectivity index (χ4n) is 3.11. The third-order valence-corrected chi connectivity index (χ3v) is 6.54. The predicted octanol–water partition coefficient (Wildman–Crippen LogP) is 3.54. The van der Waals surface area contributed by atoms with Crippen molar-refractivity contribution >= 4 is 35.0 Å². The van der Waals surface area contributed by atoms with Gasteiger partial charge in [0.2, 0.25) is 0 Å². The summed E-state index contributed by atoms with van der Waals surface area (Å²) in [5, 5.41) is 10.7. The van der Waals surface area contributed by atoms with Crippen LogP contribution in [-0.4, -0.2) is 43.6 Å². The number of aromatic nitrogens is 4. The Morgan fingerprint density at radius 3 is 2.76 bits per heavy atom. The Hall–Kier alpha value is -3.44. The van der Waals surface area contributed by atoms with Crippen LogP contribution in [0.4, 0.5) is 0 Å². The van der Waals surface area contributed by atoms with E-state index in [2.05, 4.69) is 15.2 Å². The quantitative estimate of drug-likeness (QED) is 0.257. The lowest BCUT2D eigenvalue weighted by atomic mass is 10.1. The van der Waals surface area contributed by atoms with E-state index in [4.69, 9.17) is 9.15 Å². The molecule has 3 heterocycles. The number of nitrogens with zero attached hydrogens (tertiary/aromatic N) is 5. The van der Waals surface area contributed by atoms with E-state index >= 15 is 0 Å². The molecule has 1 amide bonds. The molecule has 0 aliphatic heterocycles. The standard InChI is InChI=1S/C23H23N5O4S2/c1-3-28-21(18-5-4-11-31-18)25-26-23(28)34-15-20(30)32-14-19(29)24-22-27(10-12-33-22)13-17-8-6-16(2)7-9-17/h4-12H,3,13-15H2,1-2H3. The van der Waals surface area contributed by atoms with Crippen LogP contribution in [0.1, 0.15) is 18.1 Å². The van der Waals surface area contributed by atoms with Crippen LogP contribution in [0.5, 0.6) is 0 Å². The number of ether oxygens (including phenoxy) is 1. The highest BCUT2D eigenvalue weighted by Gasteiger charge is 2.17. The lowest BCUT2D eigenvalue weighted by Crippen LogP contribution is -2.20. The van der Waals surface area contributed by atoms with Gasteiger partial charge < -0.3 is 13.7 Å². The van der Waals surface area contributed by atoms with Gasteiger partial charge in [0.15, 0.2) is 28.1 Å². The third-order valence-electron chi connectivity index (χ3n) is 4.80. The normalized spacial score (nSPS) is 11.6. The van der Waals surface area contributed by atoms with E-state index in [-0.39, 0.29) is 5.75 Å². The summed E-state index contributed by atoms with van der Waals surface area (Å²) < 4.78 is 14.2. The highest BCUT2D eigenvalue weighted by molar-refractivity contribution is 7.99. The molecule has 0 atom stereocenters. The fourth-order valence-corrected chi connectivity index (χ4v) is 4.66. The first-order valence-electron chi connectivity index (χ1n) is 10.6. The van der Waals surface area contributed by atoms with Crippen molar-refractivity contribution in [1.29, 1.82) is 0 Å². The number of esters is 1. The van der Waals surface area contributed by atoms with Gasteiger partial charge in [0.1, 0.15) is 0 Å². The fraction of sp³-hybridized carbons (Fsp3) is 0.261. The van der Waals surface area contributed by atoms with Gasteiger partial charge in [-0.2, -0.15) is 4.99 Å². The van der Waals surface area contributed by atoms with Crippen molar-refractivity contribution in [3.8, 4) is 11.6 Å². The van der Waals surface area contributed by atoms with Gasteiger partial charge in [-0.05, 0) is 31.5 Å². The van der Waals surface area contributed by atoms with Crippen LogP contribution in [0.3, 0.4) is 0 Å². The van der Waals surface area contributed by atoms with Crippen LogP contribution < -0.4 is 4.80 Å². The number of amides is 1. The molecule has 4 rings (SSSR count). The van der Waals surface area contributed by atoms with E-state index in [1.807, 2.05) is 58.8 Å². The minimum atomic E-state index is -0.530. The van der Waals surface area contributed by atoms with E-state index in [1.165, 1.54) is 28.7 Å². The number of benzene rings is 1. The zero-order valence-electron chi connectivity index (χ0n) is 18.7. The summed E-state index contributed by atoms with van der Waals surface area (Å²) in [4.78, 5) is 29.1. The van der Waals surface area contributed by atoms with Crippen LogP contribution in [0.2, 0.25) is 0 Å². The average molecular weight is 498 g/mol. The molecule has 0 N–H and O–H groups in total. The molecule has 176 valence electrons. The van der Waals surface area contributed by atoms with Crippen molar-refractivity contribution in [3.05, 3.63) is 70.2 Å². The van der Waals surface area contributed by atoms with Gasteiger partial charge in [-0.15, -0.1) is 21.5 Å². The van der Waals surface area contributed by atoms with Crippen molar-refractivity contribution in [2.45, 2.75) is 32.1 Å². The molecule has 3 aromatic heterocycles. The zero-order chi connectivity index (χ0) is 23.9. The molecular weight excluding hydrogens is 474 g/mol. The smallest absolute Gasteiger partial charge is 0.316 e. The van der Waals surface area contributed by atoms with Crippen LogP contribution in [0.15, 0.2) is 68.8 Å². The third kappa shape index (κ3) is 5.91. The molecule has 4 aromatic rings. The Kier molecular flexibility index (Phi) is 7.76. The maximum Gasteiger partial charge on any atom is 0.316 e. The SMILES string of the molecule is CCn1c(SCC(=O)OCC(=O)N=c2sccn2Cc2ccc(C)cc2)nnc1-c1ccco1. The minimum absolute atomic E-state index is 0.00397. The second-order valence-corrected chi connectivity index (χ2v) is 9.10. The van der Waals surface area contributed by atoms with E-state index in [9.17, 15) is 9.59 Å². The Balaban J connectivity index is 1.30. The molecule has 1 aromatic carbocycles. The van der Waals surface area contributed by atoms with Gasteiger partial charge in [0.05, 0.1) is 12.0 Å². The molecule has 11 heteroatoms. The molecule has 0 bridgehead atoms. The molecular formula is C23H23N5O4S2. The second-order valence-electron chi connectivity index (χ2n) is 7.28. The summed E-state index contributed by atoms with van der Waals surface area (Å²) in [5.74, 6) is 0.139. The van der Waals surface area contributed by atoms with Crippen LogP contribution >= 0.6 is 23.1 Å². The van der Waals surface area contributed by atoms with Crippen LogP contribution in [0, 0.1) is 6.92 Å². The lowest BCUT2D eigenvalue weighted by molar-refractivity contribution is -0.145. The van der Waals surface area contributed by atoms with E-state index < -0.39 is 18.5 Å². The van der Waals surface area contributed by atoms with Gasteiger partial charge >= 0.3 is 5.97 Å². The second kappa shape index (κ2) is 11.1. The van der Waals surface area contributed by atoms with Crippen molar-refractivity contribution in [2.75, 3.05) is 12.4 Å². The zero-order valence-corrected chi connectivity index (χ0v) is 20.3. The first-order chi connectivity index (χ1) is 16.5. The number of aryl methyl sites for hydroxylation is 1. The molecule has 0 fully saturated rings. The van der Waals surface area contributed by atoms with Crippen molar-refractivity contribution in [3.63, 3.8) is 0 Å². The largest absolute Gasteiger partial charge is 0.461 e. The van der Waals surface area contributed by atoms with Crippen LogP contribution in [-0.2, 0) is 27.4 Å². The van der Waals surface area contributed by atoms with Gasteiger partial charge in [-0.1, -0.05) is 41.6 Å². The van der Waals surface area contributed by atoms with Crippen molar-refractivity contribution in [1.82, 2.24) is 19.3 Å². The number of thiazole rings is 1. The summed E-state index contributed by atoms with van der Waals surface area (Å²) in [6.07, 6.45) is 3.44. The summed E-state index contributed by atoms with van der Waals surface area (Å²) in [7, 11) is 0. The van der Waals surface area contributed by atoms with E-state index in [0.29, 0.717) is 34.6 Å². The molecule has 0 aliphatic carbocycles. The highest BCUT2D eigenvalue weighted by atomic mass is 32.2. The number of furan rings is 1. The number of hydrogen-bond acceptors (Lipinski definition) is 8. The monoisotopic (exact) mass is 497 g/mol. The molecule has 0 saturated heterocycles. The molecule has 0 aliphatic rings. The van der Waals surface area contributed by atoms with Crippen LogP contribution in [0.25, 0.3) is 11.6 Å². The highest BCUT2D eigenvalue weighted by Crippen LogP contribution is 2.24. The van der Waals surface area contributed by atoms with Gasteiger partial charge in [-0.25, -0.2) is 0 Å². The maximum atomic E-state index is 12.3. The summed E-state index contributed by atoms with van der Waals surface area (Å²) in [5.41, 5.74) is 2.29. The topological polar surface area (TPSA) is 105 Å². The average Bonchev–Trinajstić information content (AvgIpc) is 3.59. The number of thioether (sulfide) groups is 1. The molecule has 0 unspecified atom stereocenters. The summed E-state index contributed by atoms with van der Waals surface area (Å²) in [6, 6.07) is 11.7. The van der Waals surface area contributed by atoms with E-state index in [0.717, 1.165) is 5.56 Å². The Bertz CT molecular complexity index is 1320. The van der Waals surface area contributed by atoms with Gasteiger partial charge in [0, 0.05) is 24.7 Å². The minimum Gasteiger partial charge on any atom is -0.461 e. The molecule has 9 nitrogen and oxygen atoms in total. The molecule has 0 spiro atoms. The number of rotatable bonds is 9. The Morgan fingerprint density at radius 2 is 2.03 bits per heavy atom. The summed E-state index contributed by atoms with van der Waals surface area (Å²) in [6.45, 7) is 4.79. The molecule has 0 radical (unpaired) electrons. The summed E-state index contributed by atoms with van der Waals surface area (Å²) >= 11 is 2.54. The molecule has 0 saturated carbocycles. The predicted molar refractivity (Wildman–Crippen MR) is 128 cm³/mol. The first kappa shape index (κ1) is 23.7. The first-order valence-corrected chi connectivity index (χ1v) is 12.4. The Labute approximate surface area is 204 Å². The molecule has 34 heavy (non-hydrogen) atoms. The van der Waals surface area contributed by atoms with Crippen molar-refractivity contribution in [2.24, 2.45) is 4.99 Å². The van der Waals surface area contributed by atoms with Gasteiger partial charge in [0.25, 0.3) is 5.91 Å². The number of carbonyl (C=O) groups excluding carboxylic acids is 2. The number of hydrogen-bond donors (Lipinski definition) is 0.